The van der Waals surface area contributed by atoms with E-state index in [0.717, 1.165) is 0 Å². The number of nitrogens with one attached hydrogen (secondary N) is 1. The molecule has 0 aliphatic heterocycles. The lowest BCUT2D eigenvalue weighted by molar-refractivity contribution is 0.0997. The molecule has 8 heteroatoms. The monoisotopic (exact) mass is 363 g/mol. The molecule has 0 aliphatic carbocycles. The van der Waals surface area contributed by atoms with E-state index in [2.05, 4.69) is 26.2 Å². The number of alkyl halides is 2. The molecule has 20 heavy (non-hydrogen) atoms. The normalized spacial score (nSPS) is 10.8. The molecule has 0 saturated heterocycles. The highest BCUT2D eigenvalue weighted by molar-refractivity contribution is 9.10. The summed E-state index contributed by atoms with van der Waals surface area (Å²) in [6.45, 7) is -0.541. The second-order valence-corrected chi connectivity index (χ2v) is 5.16. The van der Waals surface area contributed by atoms with Crippen molar-refractivity contribution < 1.29 is 13.6 Å². The third-order valence-corrected chi connectivity index (χ3v) is 3.19. The second-order valence-electron chi connectivity index (χ2n) is 3.88. The predicted octanol–water partition coefficient (Wildman–Crippen LogP) is 3.82. The first-order valence-corrected chi connectivity index (χ1v) is 6.70. The molecule has 0 radical (unpaired) electrons. The summed E-state index contributed by atoms with van der Waals surface area (Å²) in [7, 11) is 0. The maximum Gasteiger partial charge on any atom is 0.272 e. The van der Waals surface area contributed by atoms with E-state index in [-0.39, 0.29) is 10.8 Å². The van der Waals surface area contributed by atoms with Crippen LogP contribution >= 0.6 is 27.5 Å². The zero-order chi connectivity index (χ0) is 14.7. The standard InChI is InChI=1S/C12H9BrClF2N3O/c13-7-4-8(11(14)17-5-7)18-12(20)9-2-1-3-19(9)6-10(15)16/h1-5,10H,6H2,(H,18,20). The molecule has 0 atom stereocenters. The fourth-order valence-electron chi connectivity index (χ4n) is 1.62. The van der Waals surface area contributed by atoms with Gasteiger partial charge in [-0.15, -0.1) is 0 Å². The van der Waals surface area contributed by atoms with E-state index in [1.165, 1.54) is 29.1 Å². The van der Waals surface area contributed by atoms with Crippen molar-refractivity contribution in [3.8, 4) is 0 Å². The molecule has 0 unspecified atom stereocenters. The average Bonchev–Trinajstić information content (AvgIpc) is 2.81. The summed E-state index contributed by atoms with van der Waals surface area (Å²) in [5, 5.41) is 2.66. The van der Waals surface area contributed by atoms with Gasteiger partial charge in [-0.2, -0.15) is 0 Å². The molecule has 2 aromatic heterocycles. The van der Waals surface area contributed by atoms with Crippen molar-refractivity contribution in [1.82, 2.24) is 9.55 Å². The second kappa shape index (κ2) is 6.32. The number of aromatic nitrogens is 2. The molecule has 0 bridgehead atoms. The van der Waals surface area contributed by atoms with E-state index in [1.807, 2.05) is 0 Å². The Labute approximate surface area is 126 Å². The van der Waals surface area contributed by atoms with Crippen LogP contribution in [0.3, 0.4) is 0 Å². The van der Waals surface area contributed by atoms with Gasteiger partial charge in [0.2, 0.25) is 0 Å². The zero-order valence-corrected chi connectivity index (χ0v) is 12.3. The van der Waals surface area contributed by atoms with Crippen LogP contribution in [0.5, 0.6) is 0 Å². The first kappa shape index (κ1) is 14.9. The molecule has 0 saturated carbocycles. The van der Waals surface area contributed by atoms with Crippen LogP contribution in [0.25, 0.3) is 0 Å². The molecule has 4 nitrogen and oxygen atoms in total. The summed E-state index contributed by atoms with van der Waals surface area (Å²) in [5.74, 6) is -0.530. The van der Waals surface area contributed by atoms with E-state index in [9.17, 15) is 13.6 Å². The van der Waals surface area contributed by atoms with E-state index in [0.29, 0.717) is 10.2 Å². The van der Waals surface area contributed by atoms with Gasteiger partial charge in [-0.3, -0.25) is 4.79 Å². The Balaban J connectivity index is 2.20. The molecule has 0 aromatic carbocycles. The Hall–Kier alpha value is -1.47. The number of carbonyl (C=O) groups excluding carboxylic acids is 1. The Morgan fingerprint density at radius 3 is 3.00 bits per heavy atom. The Bertz CT molecular complexity index is 633. The van der Waals surface area contributed by atoms with Gasteiger partial charge in [0.1, 0.15) is 5.69 Å². The van der Waals surface area contributed by atoms with Gasteiger partial charge in [-0.1, -0.05) is 11.6 Å². The number of rotatable bonds is 4. The zero-order valence-electron chi connectivity index (χ0n) is 9.99. The van der Waals surface area contributed by atoms with Gasteiger partial charge in [0.15, 0.2) is 5.15 Å². The lowest BCUT2D eigenvalue weighted by Gasteiger charge is -2.10. The van der Waals surface area contributed by atoms with Gasteiger partial charge >= 0.3 is 0 Å². The van der Waals surface area contributed by atoms with Gasteiger partial charge in [-0.25, -0.2) is 13.8 Å². The van der Waals surface area contributed by atoms with Crippen molar-refractivity contribution in [3.05, 3.63) is 45.9 Å². The van der Waals surface area contributed by atoms with Crippen molar-refractivity contribution in [3.63, 3.8) is 0 Å². The summed E-state index contributed by atoms with van der Waals surface area (Å²) in [4.78, 5) is 15.9. The van der Waals surface area contributed by atoms with Crippen LogP contribution in [-0.4, -0.2) is 21.9 Å². The molecule has 1 N–H and O–H groups in total. The highest BCUT2D eigenvalue weighted by atomic mass is 79.9. The van der Waals surface area contributed by atoms with E-state index in [1.54, 1.807) is 6.07 Å². The van der Waals surface area contributed by atoms with Crippen molar-refractivity contribution in [2.24, 2.45) is 0 Å². The summed E-state index contributed by atoms with van der Waals surface area (Å²) in [5.41, 5.74) is 0.428. The molecular formula is C12H9BrClF2N3O. The number of nitrogens with zero attached hydrogens (tertiary/aromatic N) is 2. The lowest BCUT2D eigenvalue weighted by Crippen LogP contribution is -2.19. The van der Waals surface area contributed by atoms with Gasteiger partial charge in [-0.05, 0) is 34.1 Å². The molecule has 0 aliphatic rings. The van der Waals surface area contributed by atoms with Gasteiger partial charge in [0, 0.05) is 16.9 Å². The molecular weight excluding hydrogens is 356 g/mol. The number of anilines is 1. The number of halogens is 4. The molecule has 2 rings (SSSR count). The van der Waals surface area contributed by atoms with Crippen LogP contribution in [0.1, 0.15) is 10.5 Å². The molecule has 1 amide bonds. The van der Waals surface area contributed by atoms with Crippen LogP contribution in [0.2, 0.25) is 5.15 Å². The van der Waals surface area contributed by atoms with Crippen molar-refractivity contribution in [2.45, 2.75) is 13.0 Å². The minimum atomic E-state index is -2.54. The average molecular weight is 365 g/mol. The number of carbonyl (C=O) groups is 1. The summed E-state index contributed by atoms with van der Waals surface area (Å²) in [6.07, 6.45) is 0.365. The highest BCUT2D eigenvalue weighted by Crippen LogP contribution is 2.23. The minimum absolute atomic E-state index is 0.119. The maximum absolute atomic E-state index is 12.4. The fraction of sp³-hybridized carbons (Fsp3) is 0.167. The molecule has 2 heterocycles. The molecule has 106 valence electrons. The topological polar surface area (TPSA) is 46.9 Å². The van der Waals surface area contributed by atoms with Gasteiger partial charge < -0.3 is 9.88 Å². The van der Waals surface area contributed by atoms with Crippen molar-refractivity contribution in [2.75, 3.05) is 5.32 Å². The van der Waals surface area contributed by atoms with Crippen LogP contribution in [0.4, 0.5) is 14.5 Å². The minimum Gasteiger partial charge on any atom is -0.338 e. The lowest BCUT2D eigenvalue weighted by atomic mass is 10.3. The molecule has 0 spiro atoms. The largest absolute Gasteiger partial charge is 0.338 e. The van der Waals surface area contributed by atoms with Crippen LogP contribution in [-0.2, 0) is 6.54 Å². The van der Waals surface area contributed by atoms with Gasteiger partial charge in [0.05, 0.1) is 12.2 Å². The quantitative estimate of drug-likeness (QED) is 0.839. The first-order chi connectivity index (χ1) is 9.47. The van der Waals surface area contributed by atoms with Crippen LogP contribution < -0.4 is 5.32 Å². The first-order valence-electron chi connectivity index (χ1n) is 5.53. The summed E-state index contributed by atoms with van der Waals surface area (Å²) in [6, 6.07) is 4.56. The number of pyridine rings is 1. The van der Waals surface area contributed by atoms with Crippen molar-refractivity contribution >= 4 is 39.1 Å². The Morgan fingerprint density at radius 1 is 1.55 bits per heavy atom. The SMILES string of the molecule is O=C(Nc1cc(Br)cnc1Cl)c1cccn1CC(F)F. The van der Waals surface area contributed by atoms with Crippen LogP contribution in [0.15, 0.2) is 35.1 Å². The summed E-state index contributed by atoms with van der Waals surface area (Å²) < 4.78 is 26.6. The van der Waals surface area contributed by atoms with E-state index < -0.39 is 18.9 Å². The van der Waals surface area contributed by atoms with E-state index in [4.69, 9.17) is 11.6 Å². The maximum atomic E-state index is 12.4. The third kappa shape index (κ3) is 3.55. The van der Waals surface area contributed by atoms with Crippen molar-refractivity contribution in [1.29, 1.82) is 0 Å². The van der Waals surface area contributed by atoms with Crippen LogP contribution in [0, 0.1) is 0 Å². The molecule has 2 aromatic rings. The van der Waals surface area contributed by atoms with Gasteiger partial charge in [0.25, 0.3) is 12.3 Å². The number of hydrogen-bond acceptors (Lipinski definition) is 2. The smallest absolute Gasteiger partial charge is 0.272 e. The predicted molar refractivity (Wildman–Crippen MR) is 75.3 cm³/mol. The van der Waals surface area contributed by atoms with E-state index >= 15 is 0 Å². The Kier molecular flexibility index (Phi) is 4.72. The summed E-state index contributed by atoms with van der Waals surface area (Å²) >= 11 is 9.06. The number of hydrogen-bond donors (Lipinski definition) is 1. The third-order valence-electron chi connectivity index (χ3n) is 2.45. The Morgan fingerprint density at radius 2 is 2.30 bits per heavy atom. The fourth-order valence-corrected chi connectivity index (χ4v) is 2.11. The highest BCUT2D eigenvalue weighted by Gasteiger charge is 2.15. The number of amides is 1. The molecule has 0 fully saturated rings.